The van der Waals surface area contributed by atoms with E-state index in [0.29, 0.717) is 41.8 Å². The van der Waals surface area contributed by atoms with E-state index in [1.54, 1.807) is 26.4 Å². The van der Waals surface area contributed by atoms with Crippen LogP contribution in [-0.4, -0.2) is 25.4 Å². The lowest BCUT2D eigenvalue weighted by Crippen LogP contribution is -2.27. The number of aliphatic hydroxyl groups is 1. The third kappa shape index (κ3) is 6.59. The van der Waals surface area contributed by atoms with E-state index < -0.39 is 12.1 Å². The third-order valence-electron chi connectivity index (χ3n) is 4.57. The largest absolute Gasteiger partial charge is 0.493 e. The first-order valence-electron chi connectivity index (χ1n) is 9.32. The number of benzene rings is 2. The molecule has 5 nitrogen and oxygen atoms in total. The van der Waals surface area contributed by atoms with Gasteiger partial charge >= 0.3 is 0 Å². The molecule has 0 fully saturated rings. The van der Waals surface area contributed by atoms with Gasteiger partial charge in [-0.2, -0.15) is 0 Å². The summed E-state index contributed by atoms with van der Waals surface area (Å²) >= 11 is 0. The van der Waals surface area contributed by atoms with Crippen molar-refractivity contribution >= 4 is 12.4 Å². The minimum absolute atomic E-state index is 0. The molecule has 0 aliphatic rings. The molecule has 2 aromatic carbocycles. The van der Waals surface area contributed by atoms with Gasteiger partial charge in [-0.05, 0) is 30.4 Å². The first-order valence-corrected chi connectivity index (χ1v) is 9.32. The molecule has 0 radical (unpaired) electrons. The van der Waals surface area contributed by atoms with Crippen LogP contribution in [0.1, 0.15) is 43.9 Å². The van der Waals surface area contributed by atoms with Gasteiger partial charge in [0.1, 0.15) is 12.4 Å². The lowest BCUT2D eigenvalue weighted by atomic mass is 9.95. The van der Waals surface area contributed by atoms with Crippen LogP contribution in [0.25, 0.3) is 0 Å². The molecule has 0 aromatic heterocycles. The van der Waals surface area contributed by atoms with E-state index in [0.717, 1.165) is 12.0 Å². The average Bonchev–Trinajstić information content (AvgIpc) is 2.69. The van der Waals surface area contributed by atoms with Gasteiger partial charge in [0.05, 0.1) is 26.4 Å². The maximum atomic E-state index is 10.6. The summed E-state index contributed by atoms with van der Waals surface area (Å²) in [6.07, 6.45) is 0.873. The van der Waals surface area contributed by atoms with Gasteiger partial charge in [-0.1, -0.05) is 44.2 Å². The molecule has 0 aliphatic heterocycles. The highest BCUT2D eigenvalue weighted by molar-refractivity contribution is 5.85. The number of methoxy groups -OCH3 is 2. The van der Waals surface area contributed by atoms with E-state index in [1.807, 2.05) is 30.3 Å². The van der Waals surface area contributed by atoms with E-state index in [1.165, 1.54) is 0 Å². The summed E-state index contributed by atoms with van der Waals surface area (Å²) in [7, 11) is 3.16. The number of hydrogen-bond donors (Lipinski definition) is 2. The number of halogens is 1. The van der Waals surface area contributed by atoms with Crippen molar-refractivity contribution in [3.8, 4) is 17.2 Å². The molecule has 28 heavy (non-hydrogen) atoms. The molecule has 2 rings (SSSR count). The number of aliphatic hydroxyl groups excluding tert-OH is 1. The van der Waals surface area contributed by atoms with Crippen LogP contribution in [-0.2, 0) is 6.61 Å². The quantitative estimate of drug-likeness (QED) is 0.604. The monoisotopic (exact) mass is 409 g/mol. The Bertz CT molecular complexity index is 709. The highest BCUT2D eigenvalue weighted by Crippen LogP contribution is 2.38. The third-order valence-corrected chi connectivity index (χ3v) is 4.57. The summed E-state index contributed by atoms with van der Waals surface area (Å²) in [6.45, 7) is 4.66. The summed E-state index contributed by atoms with van der Waals surface area (Å²) in [6, 6.07) is 12.9. The lowest BCUT2D eigenvalue weighted by molar-refractivity contribution is 0.126. The van der Waals surface area contributed by atoms with E-state index in [2.05, 4.69) is 13.8 Å². The Hall–Kier alpha value is -1.95. The summed E-state index contributed by atoms with van der Waals surface area (Å²) < 4.78 is 16.8. The van der Waals surface area contributed by atoms with E-state index in [4.69, 9.17) is 19.9 Å². The van der Waals surface area contributed by atoms with Crippen LogP contribution >= 0.6 is 12.4 Å². The van der Waals surface area contributed by atoms with E-state index in [-0.39, 0.29) is 12.4 Å². The smallest absolute Gasteiger partial charge is 0.164 e. The van der Waals surface area contributed by atoms with Crippen LogP contribution in [0, 0.1) is 5.92 Å². The second-order valence-electron chi connectivity index (χ2n) is 7.08. The lowest BCUT2D eigenvalue weighted by Gasteiger charge is -2.24. The fourth-order valence-electron chi connectivity index (χ4n) is 2.89. The standard InChI is InChI=1S/C22H31NO4.ClH/c1-15(2)10-11-18(24)22(23)17-12-20(25-3)21(26-4)13-19(17)27-14-16-8-6-5-7-9-16;/h5-9,12-13,15,18,22,24H,10-11,14,23H2,1-4H3;1H/t18-,22+;/m1./s1. The molecular weight excluding hydrogens is 378 g/mol. The van der Waals surface area contributed by atoms with Crippen molar-refractivity contribution in [2.75, 3.05) is 14.2 Å². The predicted octanol–water partition coefficient (Wildman–Crippen LogP) is 4.50. The van der Waals surface area contributed by atoms with Crippen molar-refractivity contribution in [1.82, 2.24) is 0 Å². The normalized spacial score (nSPS) is 12.8. The van der Waals surface area contributed by atoms with Gasteiger partial charge in [0.15, 0.2) is 11.5 Å². The van der Waals surface area contributed by atoms with Gasteiger partial charge in [-0.25, -0.2) is 0 Å². The first kappa shape index (κ1) is 24.1. The van der Waals surface area contributed by atoms with Crippen LogP contribution in [0.5, 0.6) is 17.2 Å². The molecule has 0 unspecified atom stereocenters. The molecule has 0 spiro atoms. The number of hydrogen-bond acceptors (Lipinski definition) is 5. The maximum Gasteiger partial charge on any atom is 0.164 e. The van der Waals surface area contributed by atoms with Crippen molar-refractivity contribution in [3.63, 3.8) is 0 Å². The molecule has 6 heteroatoms. The van der Waals surface area contributed by atoms with Gasteiger partial charge in [-0.15, -0.1) is 12.4 Å². The van der Waals surface area contributed by atoms with Crippen LogP contribution < -0.4 is 19.9 Å². The SMILES string of the molecule is COc1cc(OCc2ccccc2)c([C@H](N)[C@H](O)CCC(C)C)cc1OC.Cl. The second kappa shape index (κ2) is 11.8. The fourth-order valence-corrected chi connectivity index (χ4v) is 2.89. The summed E-state index contributed by atoms with van der Waals surface area (Å²) in [5, 5.41) is 10.6. The van der Waals surface area contributed by atoms with Crippen LogP contribution in [0.15, 0.2) is 42.5 Å². The van der Waals surface area contributed by atoms with Gasteiger partial charge in [-0.3, -0.25) is 0 Å². The second-order valence-corrected chi connectivity index (χ2v) is 7.08. The molecule has 0 bridgehead atoms. The molecule has 0 amide bonds. The minimum atomic E-state index is -0.662. The zero-order valence-electron chi connectivity index (χ0n) is 17.1. The van der Waals surface area contributed by atoms with Crippen LogP contribution in [0.4, 0.5) is 0 Å². The Labute approximate surface area is 174 Å². The van der Waals surface area contributed by atoms with Gasteiger partial charge in [0.2, 0.25) is 0 Å². The highest BCUT2D eigenvalue weighted by atomic mass is 35.5. The van der Waals surface area contributed by atoms with Crippen molar-refractivity contribution in [1.29, 1.82) is 0 Å². The van der Waals surface area contributed by atoms with Crippen molar-refractivity contribution in [2.24, 2.45) is 11.7 Å². The Morgan fingerprint density at radius 1 is 0.929 bits per heavy atom. The topological polar surface area (TPSA) is 73.9 Å². The first-order chi connectivity index (χ1) is 13.0. The number of ether oxygens (including phenoxy) is 3. The molecule has 3 N–H and O–H groups in total. The average molecular weight is 410 g/mol. The molecule has 0 saturated heterocycles. The van der Waals surface area contributed by atoms with Crippen LogP contribution in [0.3, 0.4) is 0 Å². The Morgan fingerprint density at radius 3 is 2.11 bits per heavy atom. The van der Waals surface area contributed by atoms with Crippen molar-refractivity contribution in [3.05, 3.63) is 53.6 Å². The maximum absolute atomic E-state index is 10.6. The molecule has 0 aliphatic carbocycles. The van der Waals surface area contributed by atoms with E-state index in [9.17, 15) is 5.11 Å². The minimum Gasteiger partial charge on any atom is -0.493 e. The Kier molecular flexibility index (Phi) is 10.1. The summed E-state index contributed by atoms with van der Waals surface area (Å²) in [5.41, 5.74) is 8.14. The summed E-state index contributed by atoms with van der Waals surface area (Å²) in [4.78, 5) is 0. The van der Waals surface area contributed by atoms with Gasteiger partial charge in [0, 0.05) is 11.6 Å². The number of nitrogens with two attached hydrogens (primary N) is 1. The summed E-state index contributed by atoms with van der Waals surface area (Å²) in [5.74, 6) is 2.22. The molecule has 2 atom stereocenters. The Balaban J connectivity index is 0.00000392. The van der Waals surface area contributed by atoms with E-state index >= 15 is 0 Å². The number of rotatable bonds is 10. The van der Waals surface area contributed by atoms with Crippen molar-refractivity contribution < 1.29 is 19.3 Å². The van der Waals surface area contributed by atoms with Gasteiger partial charge in [0.25, 0.3) is 0 Å². The molecule has 2 aromatic rings. The fraction of sp³-hybridized carbons (Fsp3) is 0.455. The zero-order chi connectivity index (χ0) is 19.8. The van der Waals surface area contributed by atoms with Crippen molar-refractivity contribution in [2.45, 2.75) is 45.4 Å². The molecular formula is C22H32ClNO4. The highest BCUT2D eigenvalue weighted by Gasteiger charge is 2.23. The molecule has 156 valence electrons. The Morgan fingerprint density at radius 2 is 1.54 bits per heavy atom. The molecule has 0 heterocycles. The zero-order valence-corrected chi connectivity index (χ0v) is 17.9. The van der Waals surface area contributed by atoms with Gasteiger partial charge < -0.3 is 25.1 Å². The molecule has 0 saturated carbocycles. The van der Waals surface area contributed by atoms with Crippen LogP contribution in [0.2, 0.25) is 0 Å². The predicted molar refractivity (Wildman–Crippen MR) is 115 cm³/mol.